The molecule has 2 bridgehead atoms. The van der Waals surface area contributed by atoms with Gasteiger partial charge in [0.25, 0.3) is 5.91 Å². The lowest BCUT2D eigenvalue weighted by Crippen LogP contribution is -2.40. The smallest absolute Gasteiger partial charge is 0.344 e. The molecule has 2 fully saturated rings. The number of nitrogens with zero attached hydrogens (tertiary/aromatic N) is 1. The number of likely N-dealkylation sites (tertiary alicyclic amines) is 1. The highest BCUT2D eigenvalue weighted by Gasteiger charge is 2.50. The molecule has 1 aromatic carbocycles. The van der Waals surface area contributed by atoms with Crippen LogP contribution in [0.25, 0.3) is 0 Å². The summed E-state index contributed by atoms with van der Waals surface area (Å²) >= 11 is 0. The van der Waals surface area contributed by atoms with E-state index >= 15 is 0 Å². The molecular formula is C22H31NO4. The topological polar surface area (TPSA) is 55.8 Å². The number of hydrogen-bond acceptors (Lipinski definition) is 4. The molecule has 1 saturated heterocycles. The summed E-state index contributed by atoms with van der Waals surface area (Å²) in [5.41, 5.74) is 2.58. The normalized spacial score (nSPS) is 26.0. The van der Waals surface area contributed by atoms with Crippen LogP contribution in [0.2, 0.25) is 0 Å². The number of esters is 1. The lowest BCUT2D eigenvalue weighted by molar-refractivity contribution is -0.154. The summed E-state index contributed by atoms with van der Waals surface area (Å²) in [4.78, 5) is 26.5. The van der Waals surface area contributed by atoms with Crippen molar-refractivity contribution in [2.24, 2.45) is 10.8 Å². The third-order valence-electron chi connectivity index (χ3n) is 5.64. The van der Waals surface area contributed by atoms with Crippen molar-refractivity contribution in [1.29, 1.82) is 0 Å². The molecule has 1 aliphatic heterocycles. The predicted octanol–water partition coefficient (Wildman–Crippen LogP) is 3.65. The summed E-state index contributed by atoms with van der Waals surface area (Å²) in [6, 6.07) is 6.05. The van der Waals surface area contributed by atoms with Gasteiger partial charge in [-0.25, -0.2) is 4.79 Å². The Hall–Kier alpha value is -2.04. The molecule has 2 aliphatic rings. The lowest BCUT2D eigenvalue weighted by atomic mass is 9.65. The van der Waals surface area contributed by atoms with Gasteiger partial charge >= 0.3 is 5.97 Å². The zero-order valence-corrected chi connectivity index (χ0v) is 17.1. The van der Waals surface area contributed by atoms with Crippen LogP contribution >= 0.6 is 0 Å². The first kappa shape index (κ1) is 19.7. The number of amides is 1. The van der Waals surface area contributed by atoms with E-state index in [0.717, 1.165) is 36.9 Å². The van der Waals surface area contributed by atoms with Gasteiger partial charge < -0.3 is 14.4 Å². The molecule has 5 nitrogen and oxygen atoms in total. The number of carbonyl (C=O) groups is 2. The van der Waals surface area contributed by atoms with Crippen LogP contribution in [0.4, 0.5) is 0 Å². The zero-order chi connectivity index (χ0) is 19.8. The first-order valence-corrected chi connectivity index (χ1v) is 9.72. The van der Waals surface area contributed by atoms with E-state index in [1.165, 1.54) is 0 Å². The highest BCUT2D eigenvalue weighted by atomic mass is 16.6. The molecule has 1 amide bonds. The third kappa shape index (κ3) is 4.82. The first-order valence-electron chi connectivity index (χ1n) is 9.72. The molecule has 0 aromatic heterocycles. The Morgan fingerprint density at radius 2 is 1.74 bits per heavy atom. The minimum absolute atomic E-state index is 0.0961. The number of ether oxygens (including phenoxy) is 2. The molecule has 0 spiro atoms. The van der Waals surface area contributed by atoms with Crippen molar-refractivity contribution in [3.8, 4) is 5.75 Å². The van der Waals surface area contributed by atoms with E-state index in [9.17, 15) is 9.59 Å². The van der Waals surface area contributed by atoms with Gasteiger partial charge in [0.2, 0.25) is 0 Å². The van der Waals surface area contributed by atoms with Crippen LogP contribution in [-0.2, 0) is 14.3 Å². The van der Waals surface area contributed by atoms with Crippen molar-refractivity contribution < 1.29 is 19.1 Å². The van der Waals surface area contributed by atoms with Gasteiger partial charge in [0.05, 0.1) is 0 Å². The highest BCUT2D eigenvalue weighted by Crippen LogP contribution is 2.52. The van der Waals surface area contributed by atoms with Gasteiger partial charge in [-0.1, -0.05) is 26.8 Å². The molecule has 1 heterocycles. The summed E-state index contributed by atoms with van der Waals surface area (Å²) in [6.07, 6.45) is 3.19. The van der Waals surface area contributed by atoms with Crippen molar-refractivity contribution in [3.63, 3.8) is 0 Å². The second-order valence-corrected chi connectivity index (χ2v) is 9.51. The summed E-state index contributed by atoms with van der Waals surface area (Å²) in [5, 5.41) is 0. The minimum atomic E-state index is -0.517. The molecule has 1 saturated carbocycles. The third-order valence-corrected chi connectivity index (χ3v) is 5.64. The molecule has 0 N–H and O–H groups in total. The molecular weight excluding hydrogens is 342 g/mol. The summed E-state index contributed by atoms with van der Waals surface area (Å²) in [6.45, 7) is 11.1. The standard InChI is InChI=1S/C22H31NO4/c1-15-6-16(2)8-18(7-15)26-12-20(25)27-11-19(24)23-14-22(5)10-17(23)9-21(3,4)13-22/h6-8,17H,9-14H2,1-5H3. The molecule has 1 aromatic rings. The van der Waals surface area contributed by atoms with Gasteiger partial charge in [-0.05, 0) is 67.2 Å². The van der Waals surface area contributed by atoms with Crippen molar-refractivity contribution in [3.05, 3.63) is 29.3 Å². The molecule has 27 heavy (non-hydrogen) atoms. The number of aryl methyl sites for hydroxylation is 2. The summed E-state index contributed by atoms with van der Waals surface area (Å²) in [7, 11) is 0. The highest BCUT2D eigenvalue weighted by molar-refractivity contribution is 5.81. The van der Waals surface area contributed by atoms with Crippen LogP contribution < -0.4 is 4.74 Å². The van der Waals surface area contributed by atoms with Gasteiger partial charge in [-0.2, -0.15) is 0 Å². The number of carbonyl (C=O) groups excluding carboxylic acids is 2. The number of rotatable bonds is 5. The molecule has 1 aliphatic carbocycles. The maximum atomic E-state index is 12.6. The quantitative estimate of drug-likeness (QED) is 0.739. The Morgan fingerprint density at radius 3 is 2.41 bits per heavy atom. The van der Waals surface area contributed by atoms with E-state index in [4.69, 9.17) is 9.47 Å². The Balaban J connectivity index is 1.48. The van der Waals surface area contributed by atoms with Crippen LogP contribution in [0.1, 0.15) is 51.2 Å². The molecule has 2 unspecified atom stereocenters. The van der Waals surface area contributed by atoms with Crippen molar-refractivity contribution in [2.75, 3.05) is 19.8 Å². The number of benzene rings is 1. The number of hydrogen-bond donors (Lipinski definition) is 0. The van der Waals surface area contributed by atoms with Gasteiger partial charge in [0, 0.05) is 12.6 Å². The Kier molecular flexibility index (Phi) is 5.24. The molecule has 2 atom stereocenters. The van der Waals surface area contributed by atoms with Gasteiger partial charge in [0.15, 0.2) is 13.2 Å². The van der Waals surface area contributed by atoms with Crippen molar-refractivity contribution in [1.82, 2.24) is 4.90 Å². The van der Waals surface area contributed by atoms with E-state index in [2.05, 4.69) is 20.8 Å². The van der Waals surface area contributed by atoms with Gasteiger partial charge in [-0.15, -0.1) is 0 Å². The average Bonchev–Trinajstić information content (AvgIpc) is 2.78. The van der Waals surface area contributed by atoms with Gasteiger partial charge in [0.1, 0.15) is 5.75 Å². The van der Waals surface area contributed by atoms with Crippen molar-refractivity contribution in [2.45, 2.75) is 59.9 Å². The fourth-order valence-corrected chi connectivity index (χ4v) is 5.18. The van der Waals surface area contributed by atoms with E-state index in [0.29, 0.717) is 5.75 Å². The fourth-order valence-electron chi connectivity index (χ4n) is 5.18. The lowest BCUT2D eigenvalue weighted by Gasteiger charge is -2.39. The van der Waals surface area contributed by atoms with Crippen LogP contribution in [0.15, 0.2) is 18.2 Å². The molecule has 148 valence electrons. The van der Waals surface area contributed by atoms with Crippen LogP contribution in [0.3, 0.4) is 0 Å². The van der Waals surface area contributed by atoms with Crippen LogP contribution in [0.5, 0.6) is 5.75 Å². The minimum Gasteiger partial charge on any atom is -0.482 e. The van der Waals surface area contributed by atoms with E-state index in [1.807, 2.05) is 36.9 Å². The first-order chi connectivity index (χ1) is 12.6. The maximum Gasteiger partial charge on any atom is 0.344 e. The van der Waals surface area contributed by atoms with E-state index in [-0.39, 0.29) is 36.0 Å². The van der Waals surface area contributed by atoms with Crippen LogP contribution in [0, 0.1) is 24.7 Å². The Labute approximate surface area is 162 Å². The monoisotopic (exact) mass is 373 g/mol. The Bertz CT molecular complexity index is 722. The number of fused-ring (bicyclic) bond motifs is 2. The van der Waals surface area contributed by atoms with E-state index in [1.54, 1.807) is 0 Å². The molecule has 0 radical (unpaired) electrons. The summed E-state index contributed by atoms with van der Waals surface area (Å²) in [5.74, 6) is 0.0247. The van der Waals surface area contributed by atoms with E-state index < -0.39 is 5.97 Å². The van der Waals surface area contributed by atoms with Crippen molar-refractivity contribution >= 4 is 11.9 Å². The Morgan fingerprint density at radius 1 is 1.07 bits per heavy atom. The largest absolute Gasteiger partial charge is 0.482 e. The molecule has 5 heteroatoms. The molecule has 3 rings (SSSR count). The van der Waals surface area contributed by atoms with Gasteiger partial charge in [-0.3, -0.25) is 4.79 Å². The predicted molar refractivity (Wildman–Crippen MR) is 104 cm³/mol. The second kappa shape index (κ2) is 7.17. The fraction of sp³-hybridized carbons (Fsp3) is 0.636. The average molecular weight is 373 g/mol. The second-order valence-electron chi connectivity index (χ2n) is 9.51. The maximum absolute atomic E-state index is 12.6. The SMILES string of the molecule is Cc1cc(C)cc(OCC(=O)OCC(=O)N2CC3(C)CC2CC(C)(C)C3)c1. The zero-order valence-electron chi connectivity index (χ0n) is 17.1. The summed E-state index contributed by atoms with van der Waals surface area (Å²) < 4.78 is 10.7. The van der Waals surface area contributed by atoms with Crippen LogP contribution in [-0.4, -0.2) is 42.6 Å².